The highest BCUT2D eigenvalue weighted by atomic mass is 32.2. The fraction of sp³-hybridized carbons (Fsp3) is 0.294. The highest BCUT2D eigenvalue weighted by Gasteiger charge is 2.11. The molecule has 0 spiro atoms. The lowest BCUT2D eigenvalue weighted by molar-refractivity contribution is 0.598. The second-order valence-electron chi connectivity index (χ2n) is 4.74. The maximum absolute atomic E-state index is 13.0. The van der Waals surface area contributed by atoms with Crippen molar-refractivity contribution in [3.05, 3.63) is 65.5 Å². The van der Waals surface area contributed by atoms with Crippen molar-refractivity contribution in [1.29, 1.82) is 0 Å². The lowest BCUT2D eigenvalue weighted by atomic mass is 10.1. The lowest BCUT2D eigenvalue weighted by Gasteiger charge is -2.18. The van der Waals surface area contributed by atoms with Gasteiger partial charge in [0.1, 0.15) is 5.82 Å². The van der Waals surface area contributed by atoms with Crippen LogP contribution in [0.1, 0.15) is 24.1 Å². The largest absolute Gasteiger partial charge is 0.309 e. The number of benzene rings is 2. The minimum atomic E-state index is -0.185. The zero-order chi connectivity index (χ0) is 14.4. The molecule has 1 N–H and O–H groups in total. The number of aryl methyl sites for hydroxylation is 1. The standard InChI is InChI=1S/C17H20FNS/c1-3-19-16(14-8-10-15(18)11-9-14)12-20-17-7-5-4-6-13(17)2/h4-11,16,19H,3,12H2,1-2H3. The van der Waals surface area contributed by atoms with Gasteiger partial charge in [0, 0.05) is 16.7 Å². The van der Waals surface area contributed by atoms with Crippen LogP contribution in [0, 0.1) is 12.7 Å². The first kappa shape index (κ1) is 15.1. The van der Waals surface area contributed by atoms with Crippen molar-refractivity contribution in [2.24, 2.45) is 0 Å². The van der Waals surface area contributed by atoms with Crippen molar-refractivity contribution >= 4 is 11.8 Å². The highest BCUT2D eigenvalue weighted by Crippen LogP contribution is 2.27. The average Bonchev–Trinajstić information content (AvgIpc) is 2.46. The Balaban J connectivity index is 2.06. The molecule has 0 fully saturated rings. The maximum atomic E-state index is 13.0. The van der Waals surface area contributed by atoms with E-state index >= 15 is 0 Å². The number of nitrogens with one attached hydrogen (secondary N) is 1. The lowest BCUT2D eigenvalue weighted by Crippen LogP contribution is -2.22. The molecule has 1 unspecified atom stereocenters. The molecule has 106 valence electrons. The number of hydrogen-bond donors (Lipinski definition) is 1. The molecule has 0 heterocycles. The van der Waals surface area contributed by atoms with Gasteiger partial charge in [0.15, 0.2) is 0 Å². The van der Waals surface area contributed by atoms with Crippen molar-refractivity contribution in [1.82, 2.24) is 5.32 Å². The Labute approximate surface area is 124 Å². The Morgan fingerprint density at radius 2 is 1.80 bits per heavy atom. The van der Waals surface area contributed by atoms with E-state index in [2.05, 4.69) is 43.4 Å². The van der Waals surface area contributed by atoms with Gasteiger partial charge in [-0.05, 0) is 42.8 Å². The van der Waals surface area contributed by atoms with E-state index in [-0.39, 0.29) is 11.9 Å². The molecule has 2 rings (SSSR count). The molecule has 0 amide bonds. The molecule has 0 saturated heterocycles. The Hall–Kier alpha value is -1.32. The van der Waals surface area contributed by atoms with Crippen LogP contribution in [0.25, 0.3) is 0 Å². The van der Waals surface area contributed by atoms with E-state index in [1.54, 1.807) is 0 Å². The Kier molecular flexibility index (Phi) is 5.62. The molecule has 0 radical (unpaired) electrons. The fourth-order valence-corrected chi connectivity index (χ4v) is 3.23. The van der Waals surface area contributed by atoms with Gasteiger partial charge in [0.25, 0.3) is 0 Å². The quantitative estimate of drug-likeness (QED) is 0.781. The molecule has 0 aliphatic rings. The van der Waals surface area contributed by atoms with Crippen LogP contribution in [0.4, 0.5) is 4.39 Å². The normalized spacial score (nSPS) is 12.3. The summed E-state index contributed by atoms with van der Waals surface area (Å²) in [6, 6.07) is 15.4. The van der Waals surface area contributed by atoms with Crippen molar-refractivity contribution in [2.45, 2.75) is 24.8 Å². The first-order chi connectivity index (χ1) is 9.70. The summed E-state index contributed by atoms with van der Waals surface area (Å²) >= 11 is 1.84. The van der Waals surface area contributed by atoms with Gasteiger partial charge >= 0.3 is 0 Å². The minimum Gasteiger partial charge on any atom is -0.309 e. The monoisotopic (exact) mass is 289 g/mol. The van der Waals surface area contributed by atoms with E-state index in [1.807, 2.05) is 23.9 Å². The van der Waals surface area contributed by atoms with E-state index in [1.165, 1.54) is 22.6 Å². The van der Waals surface area contributed by atoms with Crippen LogP contribution >= 0.6 is 11.8 Å². The number of rotatable bonds is 6. The highest BCUT2D eigenvalue weighted by molar-refractivity contribution is 7.99. The van der Waals surface area contributed by atoms with E-state index in [0.29, 0.717) is 0 Å². The molecule has 20 heavy (non-hydrogen) atoms. The van der Waals surface area contributed by atoms with Crippen molar-refractivity contribution in [2.75, 3.05) is 12.3 Å². The van der Waals surface area contributed by atoms with Gasteiger partial charge in [0.2, 0.25) is 0 Å². The fourth-order valence-electron chi connectivity index (χ4n) is 2.11. The third-order valence-corrected chi connectivity index (χ3v) is 4.49. The predicted molar refractivity (Wildman–Crippen MR) is 84.7 cm³/mol. The second-order valence-corrected chi connectivity index (χ2v) is 5.80. The van der Waals surface area contributed by atoms with Crippen LogP contribution in [-0.4, -0.2) is 12.3 Å². The summed E-state index contributed by atoms with van der Waals surface area (Å²) in [5.74, 6) is 0.750. The molecule has 3 heteroatoms. The van der Waals surface area contributed by atoms with Crippen molar-refractivity contribution < 1.29 is 4.39 Å². The molecule has 1 atom stereocenters. The third-order valence-electron chi connectivity index (χ3n) is 3.22. The van der Waals surface area contributed by atoms with Gasteiger partial charge in [-0.2, -0.15) is 0 Å². The van der Waals surface area contributed by atoms with Gasteiger partial charge in [-0.3, -0.25) is 0 Å². The van der Waals surface area contributed by atoms with Gasteiger partial charge in [-0.15, -0.1) is 11.8 Å². The van der Waals surface area contributed by atoms with Crippen LogP contribution in [0.2, 0.25) is 0 Å². The molecule has 2 aromatic carbocycles. The van der Waals surface area contributed by atoms with Gasteiger partial charge in [0.05, 0.1) is 0 Å². The maximum Gasteiger partial charge on any atom is 0.123 e. The van der Waals surface area contributed by atoms with Crippen LogP contribution in [-0.2, 0) is 0 Å². The average molecular weight is 289 g/mol. The molecule has 2 aromatic rings. The summed E-state index contributed by atoms with van der Waals surface area (Å²) < 4.78 is 13.0. The smallest absolute Gasteiger partial charge is 0.123 e. The van der Waals surface area contributed by atoms with E-state index in [0.717, 1.165) is 17.9 Å². The summed E-state index contributed by atoms with van der Waals surface area (Å²) in [5.41, 5.74) is 2.43. The zero-order valence-corrected chi connectivity index (χ0v) is 12.7. The second kappa shape index (κ2) is 7.46. The third kappa shape index (κ3) is 4.09. The Bertz CT molecular complexity index is 539. The van der Waals surface area contributed by atoms with Crippen LogP contribution in [0.5, 0.6) is 0 Å². The Morgan fingerprint density at radius 3 is 2.45 bits per heavy atom. The summed E-state index contributed by atoms with van der Waals surface area (Å²) in [6.45, 7) is 5.12. The number of halogens is 1. The number of hydrogen-bond acceptors (Lipinski definition) is 2. The first-order valence-corrected chi connectivity index (χ1v) is 7.86. The predicted octanol–water partition coefficient (Wildman–Crippen LogP) is 4.58. The first-order valence-electron chi connectivity index (χ1n) is 6.88. The van der Waals surface area contributed by atoms with E-state index in [9.17, 15) is 4.39 Å². The molecule has 0 aliphatic carbocycles. The van der Waals surface area contributed by atoms with Crippen LogP contribution in [0.3, 0.4) is 0 Å². The zero-order valence-electron chi connectivity index (χ0n) is 11.9. The molecular formula is C17H20FNS. The molecule has 0 aliphatic heterocycles. The summed E-state index contributed by atoms with van der Waals surface area (Å²) in [4.78, 5) is 1.30. The molecule has 0 aromatic heterocycles. The van der Waals surface area contributed by atoms with E-state index < -0.39 is 0 Å². The minimum absolute atomic E-state index is 0.185. The van der Waals surface area contributed by atoms with Gasteiger partial charge in [-0.1, -0.05) is 37.3 Å². The molecule has 1 nitrogen and oxygen atoms in total. The van der Waals surface area contributed by atoms with Crippen molar-refractivity contribution in [3.63, 3.8) is 0 Å². The van der Waals surface area contributed by atoms with E-state index in [4.69, 9.17) is 0 Å². The van der Waals surface area contributed by atoms with Crippen molar-refractivity contribution in [3.8, 4) is 0 Å². The molecule has 0 saturated carbocycles. The van der Waals surface area contributed by atoms with Crippen LogP contribution < -0.4 is 5.32 Å². The number of thioether (sulfide) groups is 1. The van der Waals surface area contributed by atoms with Gasteiger partial charge < -0.3 is 5.32 Å². The van der Waals surface area contributed by atoms with Crippen LogP contribution in [0.15, 0.2) is 53.4 Å². The topological polar surface area (TPSA) is 12.0 Å². The van der Waals surface area contributed by atoms with Gasteiger partial charge in [-0.25, -0.2) is 4.39 Å². The summed E-state index contributed by atoms with van der Waals surface area (Å²) in [6.07, 6.45) is 0. The summed E-state index contributed by atoms with van der Waals surface area (Å²) in [7, 11) is 0. The SMILES string of the molecule is CCNC(CSc1ccccc1C)c1ccc(F)cc1. The summed E-state index contributed by atoms with van der Waals surface area (Å²) in [5, 5.41) is 3.46. The Morgan fingerprint density at radius 1 is 1.10 bits per heavy atom. The molecular weight excluding hydrogens is 269 g/mol. The molecule has 0 bridgehead atoms.